The summed E-state index contributed by atoms with van der Waals surface area (Å²) in [4.78, 5) is 14.2. The Kier molecular flexibility index (Phi) is 4.52. The van der Waals surface area contributed by atoms with E-state index in [4.69, 9.17) is 16.3 Å². The second kappa shape index (κ2) is 6.33. The molecular weight excluding hydrogens is 284 g/mol. The van der Waals surface area contributed by atoms with Crippen molar-refractivity contribution >= 4 is 17.3 Å². The van der Waals surface area contributed by atoms with Crippen molar-refractivity contribution in [2.45, 2.75) is 26.5 Å². The van der Waals surface area contributed by atoms with Crippen LogP contribution in [0.2, 0.25) is 5.02 Å². The van der Waals surface area contributed by atoms with E-state index in [2.05, 4.69) is 10.1 Å². The number of nitrogens with zero attached hydrogens (tertiary/aromatic N) is 4. The number of aromatic nitrogens is 3. The molecule has 0 atom stereocenters. The summed E-state index contributed by atoms with van der Waals surface area (Å²) in [6.45, 7) is 3.04. The van der Waals surface area contributed by atoms with Gasteiger partial charge in [0.05, 0.1) is 4.92 Å². The summed E-state index contributed by atoms with van der Waals surface area (Å²) in [6.07, 6.45) is 2.41. The largest absolute Gasteiger partial charge is 0.486 e. The van der Waals surface area contributed by atoms with E-state index in [-0.39, 0.29) is 17.3 Å². The molecule has 0 radical (unpaired) electrons. The predicted octanol–water partition coefficient (Wildman–Crippen LogP) is 2.83. The van der Waals surface area contributed by atoms with Crippen molar-refractivity contribution in [2.24, 2.45) is 0 Å². The smallest absolute Gasteiger partial charge is 0.288 e. The number of halogens is 1. The molecule has 7 nitrogen and oxygen atoms in total. The Morgan fingerprint density at radius 3 is 2.95 bits per heavy atom. The molecule has 8 heteroatoms. The van der Waals surface area contributed by atoms with Crippen molar-refractivity contribution in [1.29, 1.82) is 0 Å². The summed E-state index contributed by atoms with van der Waals surface area (Å²) in [6, 6.07) is 4.24. The van der Waals surface area contributed by atoms with Crippen LogP contribution >= 0.6 is 11.6 Å². The van der Waals surface area contributed by atoms with Gasteiger partial charge in [-0.2, -0.15) is 5.10 Å². The van der Waals surface area contributed by atoms with E-state index in [1.54, 1.807) is 4.68 Å². The topological polar surface area (TPSA) is 83.1 Å². The lowest BCUT2D eigenvalue weighted by Crippen LogP contribution is -2.08. The zero-order valence-corrected chi connectivity index (χ0v) is 11.6. The molecule has 0 bridgehead atoms. The van der Waals surface area contributed by atoms with Gasteiger partial charge in [0.25, 0.3) is 5.69 Å². The van der Waals surface area contributed by atoms with Gasteiger partial charge in [0.15, 0.2) is 5.82 Å². The average molecular weight is 297 g/mol. The Morgan fingerprint density at radius 1 is 1.50 bits per heavy atom. The standard InChI is InChI=1S/C12H13ClN4O3/c1-2-5-16-12(14-8-15-16)7-20-9-3-4-11(17(18)19)10(13)6-9/h3-4,6,8H,2,5,7H2,1H3. The first-order valence-electron chi connectivity index (χ1n) is 6.05. The average Bonchev–Trinajstić information content (AvgIpc) is 2.84. The molecule has 0 spiro atoms. The normalized spacial score (nSPS) is 10.5. The van der Waals surface area contributed by atoms with Crippen LogP contribution in [0, 0.1) is 10.1 Å². The van der Waals surface area contributed by atoms with Crippen LogP contribution < -0.4 is 4.74 Å². The molecule has 0 saturated carbocycles. The number of nitro groups is 1. The molecule has 2 aromatic rings. The molecule has 0 aliphatic rings. The van der Waals surface area contributed by atoms with E-state index in [1.165, 1.54) is 24.5 Å². The van der Waals surface area contributed by atoms with Crippen molar-refractivity contribution in [3.8, 4) is 5.75 Å². The quantitative estimate of drug-likeness (QED) is 0.604. The monoisotopic (exact) mass is 296 g/mol. The van der Waals surface area contributed by atoms with Gasteiger partial charge in [-0.25, -0.2) is 9.67 Å². The maximum absolute atomic E-state index is 10.7. The predicted molar refractivity (Wildman–Crippen MR) is 72.8 cm³/mol. The Bertz CT molecular complexity index is 614. The van der Waals surface area contributed by atoms with Crippen LogP contribution in [0.15, 0.2) is 24.5 Å². The summed E-state index contributed by atoms with van der Waals surface area (Å²) in [5.74, 6) is 1.15. The van der Waals surface area contributed by atoms with E-state index in [9.17, 15) is 10.1 Å². The molecule has 1 aromatic heterocycles. The summed E-state index contributed by atoms with van der Waals surface area (Å²) < 4.78 is 7.28. The second-order valence-electron chi connectivity index (χ2n) is 4.06. The molecule has 0 unspecified atom stereocenters. The third kappa shape index (κ3) is 3.24. The van der Waals surface area contributed by atoms with E-state index in [0.717, 1.165) is 13.0 Å². The number of nitro benzene ring substituents is 1. The van der Waals surface area contributed by atoms with Crippen LogP contribution in [-0.4, -0.2) is 19.7 Å². The van der Waals surface area contributed by atoms with E-state index < -0.39 is 4.92 Å². The van der Waals surface area contributed by atoms with Gasteiger partial charge in [0.2, 0.25) is 0 Å². The minimum atomic E-state index is -0.538. The van der Waals surface area contributed by atoms with E-state index >= 15 is 0 Å². The van der Waals surface area contributed by atoms with Gasteiger partial charge in [0, 0.05) is 18.7 Å². The van der Waals surface area contributed by atoms with Crippen molar-refractivity contribution in [3.05, 3.63) is 45.5 Å². The van der Waals surface area contributed by atoms with E-state index in [0.29, 0.717) is 11.6 Å². The zero-order chi connectivity index (χ0) is 14.5. The summed E-state index contributed by atoms with van der Waals surface area (Å²) in [5, 5.41) is 14.8. The lowest BCUT2D eigenvalue weighted by molar-refractivity contribution is -0.384. The minimum Gasteiger partial charge on any atom is -0.486 e. The minimum absolute atomic E-state index is 0.0440. The Labute approximate surface area is 120 Å². The van der Waals surface area contributed by atoms with Gasteiger partial charge in [-0.05, 0) is 12.5 Å². The molecule has 0 aliphatic carbocycles. The summed E-state index contributed by atoms with van der Waals surface area (Å²) in [7, 11) is 0. The first-order chi connectivity index (χ1) is 9.61. The fourth-order valence-corrected chi connectivity index (χ4v) is 1.91. The van der Waals surface area contributed by atoms with Gasteiger partial charge in [-0.3, -0.25) is 10.1 Å². The maximum atomic E-state index is 10.7. The highest BCUT2D eigenvalue weighted by atomic mass is 35.5. The molecule has 106 valence electrons. The number of rotatable bonds is 6. The molecule has 0 N–H and O–H groups in total. The van der Waals surface area contributed by atoms with Gasteiger partial charge >= 0.3 is 0 Å². The van der Waals surface area contributed by atoms with Gasteiger partial charge in [0.1, 0.15) is 23.7 Å². The van der Waals surface area contributed by atoms with Crippen molar-refractivity contribution in [3.63, 3.8) is 0 Å². The number of aryl methyl sites for hydroxylation is 1. The Balaban J connectivity index is 2.05. The highest BCUT2D eigenvalue weighted by molar-refractivity contribution is 6.32. The van der Waals surface area contributed by atoms with Crippen molar-refractivity contribution < 1.29 is 9.66 Å². The van der Waals surface area contributed by atoms with Crippen LogP contribution in [0.1, 0.15) is 19.2 Å². The molecule has 20 heavy (non-hydrogen) atoms. The van der Waals surface area contributed by atoms with Crippen LogP contribution in [0.4, 0.5) is 5.69 Å². The Hall–Kier alpha value is -2.15. The fraction of sp³-hybridized carbons (Fsp3) is 0.333. The molecule has 1 aromatic carbocycles. The summed E-state index contributed by atoms with van der Waals surface area (Å²) in [5.41, 5.74) is -0.145. The van der Waals surface area contributed by atoms with Crippen LogP contribution in [0.5, 0.6) is 5.75 Å². The zero-order valence-electron chi connectivity index (χ0n) is 10.8. The first kappa shape index (κ1) is 14.3. The molecule has 1 heterocycles. The van der Waals surface area contributed by atoms with Crippen LogP contribution in [0.3, 0.4) is 0 Å². The van der Waals surface area contributed by atoms with Crippen molar-refractivity contribution in [2.75, 3.05) is 0 Å². The third-order valence-corrected chi connectivity index (χ3v) is 2.92. The molecule has 0 amide bonds. The van der Waals surface area contributed by atoms with Gasteiger partial charge < -0.3 is 4.74 Å². The molecule has 0 saturated heterocycles. The van der Waals surface area contributed by atoms with Crippen molar-refractivity contribution in [1.82, 2.24) is 14.8 Å². The van der Waals surface area contributed by atoms with Gasteiger partial charge in [-0.15, -0.1) is 0 Å². The molecule has 0 fully saturated rings. The van der Waals surface area contributed by atoms with Gasteiger partial charge in [-0.1, -0.05) is 18.5 Å². The molecule has 0 aliphatic heterocycles. The number of benzene rings is 1. The SMILES string of the molecule is CCCn1ncnc1COc1ccc([N+](=O)[O-])c(Cl)c1. The lowest BCUT2D eigenvalue weighted by atomic mass is 10.3. The summed E-state index contributed by atoms with van der Waals surface area (Å²) >= 11 is 5.81. The van der Waals surface area contributed by atoms with E-state index in [1.807, 2.05) is 6.92 Å². The number of hydrogen-bond acceptors (Lipinski definition) is 5. The highest BCUT2D eigenvalue weighted by Crippen LogP contribution is 2.28. The number of ether oxygens (including phenoxy) is 1. The maximum Gasteiger partial charge on any atom is 0.288 e. The molecular formula is C12H13ClN4O3. The molecule has 2 rings (SSSR count). The third-order valence-electron chi connectivity index (χ3n) is 2.61. The fourth-order valence-electron chi connectivity index (χ4n) is 1.67. The van der Waals surface area contributed by atoms with Crippen LogP contribution in [0.25, 0.3) is 0 Å². The lowest BCUT2D eigenvalue weighted by Gasteiger charge is -2.07. The highest BCUT2D eigenvalue weighted by Gasteiger charge is 2.13. The van der Waals surface area contributed by atoms with Crippen LogP contribution in [-0.2, 0) is 13.2 Å². The Morgan fingerprint density at radius 2 is 2.30 bits per heavy atom. The number of hydrogen-bond donors (Lipinski definition) is 0. The first-order valence-corrected chi connectivity index (χ1v) is 6.43. The second-order valence-corrected chi connectivity index (χ2v) is 4.47.